The third-order valence-electron chi connectivity index (χ3n) is 3.18. The van der Waals surface area contributed by atoms with Crippen molar-refractivity contribution in [1.82, 2.24) is 0 Å². The molecule has 0 radical (unpaired) electrons. The quantitative estimate of drug-likeness (QED) is 0.594. The molecule has 0 aliphatic carbocycles. The molecule has 0 atom stereocenters. The fraction of sp³-hybridized carbons (Fsp3) is 0.222. The van der Waals surface area contributed by atoms with Crippen LogP contribution in [-0.2, 0) is 0 Å². The van der Waals surface area contributed by atoms with Gasteiger partial charge in [-0.05, 0) is 47.9 Å². The van der Waals surface area contributed by atoms with Crippen LogP contribution in [0, 0.1) is 0 Å². The van der Waals surface area contributed by atoms with Gasteiger partial charge in [-0.15, -0.1) is 0 Å². The highest BCUT2D eigenvalue weighted by molar-refractivity contribution is 5.86. The summed E-state index contributed by atoms with van der Waals surface area (Å²) in [4.78, 5) is 10.7. The van der Waals surface area contributed by atoms with E-state index in [0.717, 1.165) is 12.0 Å². The fourth-order valence-corrected chi connectivity index (χ4v) is 1.96. The van der Waals surface area contributed by atoms with Crippen molar-refractivity contribution in [2.24, 2.45) is 5.10 Å². The number of hydrogen-bond donors (Lipinski definition) is 1. The smallest absolute Gasteiger partial charge is 0.161 e. The second-order valence-electron chi connectivity index (χ2n) is 4.99. The minimum atomic E-state index is -1.21. The molecular weight excluding hydrogens is 308 g/mol. The summed E-state index contributed by atoms with van der Waals surface area (Å²) in [5.41, 5.74) is 4.47. The molecule has 1 N–H and O–H groups in total. The van der Waals surface area contributed by atoms with Crippen molar-refractivity contribution in [3.8, 4) is 11.5 Å². The van der Waals surface area contributed by atoms with Crippen LogP contribution < -0.4 is 20.0 Å². The van der Waals surface area contributed by atoms with Gasteiger partial charge in [0, 0.05) is 0 Å². The Kier molecular flexibility index (Phi) is 6.19. The van der Waals surface area contributed by atoms with Gasteiger partial charge in [0.2, 0.25) is 0 Å². The van der Waals surface area contributed by atoms with E-state index in [9.17, 15) is 9.90 Å². The van der Waals surface area contributed by atoms with Gasteiger partial charge in [-0.1, -0.05) is 19.1 Å². The predicted molar refractivity (Wildman–Crippen MR) is 90.8 cm³/mol. The number of ether oxygens (including phenoxy) is 2. The number of carboxylic acid groups (broad SMARTS) is 1. The lowest BCUT2D eigenvalue weighted by Crippen LogP contribution is -2.21. The molecule has 0 amide bonds. The van der Waals surface area contributed by atoms with Crippen molar-refractivity contribution < 1.29 is 19.4 Å². The lowest BCUT2D eigenvalue weighted by atomic mass is 10.2. The number of carbonyl (C=O) groups excluding carboxylic acids is 1. The lowest BCUT2D eigenvalue weighted by molar-refractivity contribution is -0.255. The maximum atomic E-state index is 10.7. The van der Waals surface area contributed by atoms with Gasteiger partial charge in [0.05, 0.1) is 31.6 Å². The van der Waals surface area contributed by atoms with E-state index in [-0.39, 0.29) is 5.56 Å². The van der Waals surface area contributed by atoms with Crippen LogP contribution in [0.15, 0.2) is 47.6 Å². The van der Waals surface area contributed by atoms with Crippen molar-refractivity contribution in [1.29, 1.82) is 0 Å². The van der Waals surface area contributed by atoms with Crippen LogP contribution in [0.25, 0.3) is 0 Å². The maximum absolute atomic E-state index is 10.7. The standard InChI is InChI=1S/C18H20N2O4/c1-3-10-24-16-9-4-13(11-17(16)23-2)12-19-20-15-7-5-14(6-8-15)18(21)22/h4-9,11-12,20H,3,10H2,1-2H3,(H,21,22)/p-1/b19-12-. The molecule has 0 aliphatic rings. The molecule has 0 bridgehead atoms. The molecule has 24 heavy (non-hydrogen) atoms. The average Bonchev–Trinajstić information content (AvgIpc) is 2.60. The minimum absolute atomic E-state index is 0.122. The van der Waals surface area contributed by atoms with Crippen LogP contribution in [0.1, 0.15) is 29.3 Å². The number of rotatable bonds is 8. The molecule has 2 rings (SSSR count). The fourth-order valence-electron chi connectivity index (χ4n) is 1.96. The summed E-state index contributed by atoms with van der Waals surface area (Å²) < 4.78 is 10.9. The first-order valence-corrected chi connectivity index (χ1v) is 7.55. The van der Waals surface area contributed by atoms with E-state index < -0.39 is 5.97 Å². The van der Waals surface area contributed by atoms with Crippen LogP contribution >= 0.6 is 0 Å². The van der Waals surface area contributed by atoms with E-state index in [2.05, 4.69) is 10.5 Å². The second kappa shape index (κ2) is 8.57. The van der Waals surface area contributed by atoms with Crippen molar-refractivity contribution in [3.63, 3.8) is 0 Å². The van der Waals surface area contributed by atoms with E-state index in [1.54, 1.807) is 25.5 Å². The molecule has 0 unspecified atom stereocenters. The Morgan fingerprint density at radius 3 is 2.58 bits per heavy atom. The number of nitrogens with one attached hydrogen (secondary N) is 1. The summed E-state index contributed by atoms with van der Waals surface area (Å²) in [5.74, 6) is 0.135. The Morgan fingerprint density at radius 1 is 1.21 bits per heavy atom. The molecule has 0 saturated heterocycles. The van der Waals surface area contributed by atoms with Gasteiger partial charge in [-0.2, -0.15) is 5.10 Å². The van der Waals surface area contributed by atoms with Crippen LogP contribution in [0.2, 0.25) is 0 Å². The number of carbonyl (C=O) groups is 1. The number of methoxy groups -OCH3 is 1. The van der Waals surface area contributed by atoms with Crippen LogP contribution in [0.5, 0.6) is 11.5 Å². The first kappa shape index (κ1) is 17.3. The summed E-state index contributed by atoms with van der Waals surface area (Å²) in [6.45, 7) is 2.67. The molecule has 6 nitrogen and oxygen atoms in total. The van der Waals surface area contributed by atoms with Crippen LogP contribution in [-0.4, -0.2) is 25.9 Å². The number of carboxylic acids is 1. The molecule has 0 aliphatic heterocycles. The number of aromatic carboxylic acids is 1. The number of hydrogen-bond acceptors (Lipinski definition) is 6. The van der Waals surface area contributed by atoms with E-state index in [0.29, 0.717) is 23.8 Å². The molecule has 0 spiro atoms. The van der Waals surface area contributed by atoms with Gasteiger partial charge in [-0.25, -0.2) is 0 Å². The lowest BCUT2D eigenvalue weighted by Gasteiger charge is -2.10. The zero-order valence-electron chi connectivity index (χ0n) is 13.6. The van der Waals surface area contributed by atoms with Gasteiger partial charge >= 0.3 is 0 Å². The Hall–Kier alpha value is -3.02. The highest BCUT2D eigenvalue weighted by atomic mass is 16.5. The number of anilines is 1. The summed E-state index contributed by atoms with van der Waals surface area (Å²) in [7, 11) is 1.59. The van der Waals surface area contributed by atoms with Gasteiger partial charge in [0.15, 0.2) is 11.5 Å². The summed E-state index contributed by atoms with van der Waals surface area (Å²) in [6, 6.07) is 11.7. The predicted octanol–water partition coefficient (Wildman–Crippen LogP) is 2.29. The van der Waals surface area contributed by atoms with Crippen molar-refractivity contribution in [2.75, 3.05) is 19.1 Å². The van der Waals surface area contributed by atoms with E-state index >= 15 is 0 Å². The highest BCUT2D eigenvalue weighted by Gasteiger charge is 2.04. The Morgan fingerprint density at radius 2 is 1.96 bits per heavy atom. The monoisotopic (exact) mass is 327 g/mol. The molecular formula is C18H19N2O4-. The van der Waals surface area contributed by atoms with Crippen molar-refractivity contribution in [2.45, 2.75) is 13.3 Å². The summed E-state index contributed by atoms with van der Waals surface area (Å²) in [6.07, 6.45) is 2.56. The zero-order valence-corrected chi connectivity index (χ0v) is 13.6. The summed E-state index contributed by atoms with van der Waals surface area (Å²) >= 11 is 0. The van der Waals surface area contributed by atoms with Gasteiger partial charge < -0.3 is 19.4 Å². The molecule has 0 fully saturated rings. The molecule has 6 heteroatoms. The first-order chi connectivity index (χ1) is 11.6. The zero-order chi connectivity index (χ0) is 17.4. The number of hydrazone groups is 1. The molecule has 2 aromatic carbocycles. The largest absolute Gasteiger partial charge is 0.545 e. The van der Waals surface area contributed by atoms with E-state index in [1.165, 1.54) is 12.1 Å². The van der Waals surface area contributed by atoms with Crippen molar-refractivity contribution in [3.05, 3.63) is 53.6 Å². The highest BCUT2D eigenvalue weighted by Crippen LogP contribution is 2.27. The van der Waals surface area contributed by atoms with E-state index in [4.69, 9.17) is 9.47 Å². The third-order valence-corrected chi connectivity index (χ3v) is 3.18. The molecule has 126 valence electrons. The van der Waals surface area contributed by atoms with Gasteiger partial charge in [0.25, 0.3) is 0 Å². The number of benzene rings is 2. The minimum Gasteiger partial charge on any atom is -0.545 e. The van der Waals surface area contributed by atoms with E-state index in [1.807, 2.05) is 25.1 Å². The summed E-state index contributed by atoms with van der Waals surface area (Å²) in [5, 5.41) is 14.8. The first-order valence-electron chi connectivity index (χ1n) is 7.55. The Bertz CT molecular complexity index is 711. The van der Waals surface area contributed by atoms with Crippen LogP contribution in [0.3, 0.4) is 0 Å². The van der Waals surface area contributed by atoms with Crippen LogP contribution in [0.4, 0.5) is 5.69 Å². The third kappa shape index (κ3) is 4.74. The average molecular weight is 327 g/mol. The molecule has 0 heterocycles. The number of nitrogens with zero attached hydrogens (tertiary/aromatic N) is 1. The van der Waals surface area contributed by atoms with Gasteiger partial charge in [-0.3, -0.25) is 5.43 Å². The molecule has 2 aromatic rings. The Labute approximate surface area is 140 Å². The maximum Gasteiger partial charge on any atom is 0.161 e. The normalized spacial score (nSPS) is 10.6. The molecule has 0 aromatic heterocycles. The Balaban J connectivity index is 2.01. The topological polar surface area (TPSA) is 83.0 Å². The SMILES string of the molecule is CCCOc1ccc(/C=N\Nc2ccc(C(=O)[O-])cc2)cc1OC. The van der Waals surface area contributed by atoms with Crippen molar-refractivity contribution >= 4 is 17.9 Å². The van der Waals surface area contributed by atoms with Gasteiger partial charge in [0.1, 0.15) is 0 Å². The molecule has 0 saturated carbocycles. The second-order valence-corrected chi connectivity index (χ2v) is 4.99.